The van der Waals surface area contributed by atoms with Gasteiger partial charge in [-0.05, 0) is 36.1 Å². The summed E-state index contributed by atoms with van der Waals surface area (Å²) in [6.07, 6.45) is 2.42. The number of esters is 1. The fraction of sp³-hybridized carbons (Fsp3) is 0.308. The summed E-state index contributed by atoms with van der Waals surface area (Å²) in [6, 6.07) is 5.67. The van der Waals surface area contributed by atoms with Crippen LogP contribution in [-0.2, 0) is 17.6 Å². The van der Waals surface area contributed by atoms with Crippen molar-refractivity contribution in [1.82, 2.24) is 0 Å². The third-order valence-electron chi connectivity index (χ3n) is 2.75. The summed E-state index contributed by atoms with van der Waals surface area (Å²) in [5.74, 6) is 0.0934. The summed E-state index contributed by atoms with van der Waals surface area (Å²) in [5.41, 5.74) is 2.87. The minimum Gasteiger partial charge on any atom is -0.423 e. The standard InChI is InChI=1S/C13H14O3/c1-9(6-7-14)13(15)16-12-5-4-10-2-3-11(10)8-12/h4-5,8,14H,1-3,6-7H2. The van der Waals surface area contributed by atoms with Gasteiger partial charge in [-0.2, -0.15) is 0 Å². The van der Waals surface area contributed by atoms with E-state index in [0.717, 1.165) is 12.8 Å². The fourth-order valence-corrected chi connectivity index (χ4v) is 1.65. The van der Waals surface area contributed by atoms with Crippen molar-refractivity contribution in [3.05, 3.63) is 41.5 Å². The van der Waals surface area contributed by atoms with Gasteiger partial charge in [-0.3, -0.25) is 0 Å². The number of ether oxygens (including phenoxy) is 1. The van der Waals surface area contributed by atoms with Gasteiger partial charge in [-0.1, -0.05) is 12.6 Å². The molecule has 1 aromatic rings. The zero-order valence-electron chi connectivity index (χ0n) is 9.03. The Morgan fingerprint density at radius 2 is 2.12 bits per heavy atom. The number of fused-ring (bicyclic) bond motifs is 1. The number of rotatable bonds is 4. The largest absolute Gasteiger partial charge is 0.423 e. The number of aliphatic hydroxyl groups is 1. The predicted molar refractivity (Wildman–Crippen MR) is 60.3 cm³/mol. The van der Waals surface area contributed by atoms with Crippen LogP contribution in [0.25, 0.3) is 0 Å². The maximum Gasteiger partial charge on any atom is 0.338 e. The van der Waals surface area contributed by atoms with Gasteiger partial charge >= 0.3 is 5.97 Å². The van der Waals surface area contributed by atoms with Crippen LogP contribution < -0.4 is 4.74 Å². The van der Waals surface area contributed by atoms with Gasteiger partial charge < -0.3 is 9.84 Å². The van der Waals surface area contributed by atoms with Gasteiger partial charge in [0.15, 0.2) is 0 Å². The van der Waals surface area contributed by atoms with Crippen molar-refractivity contribution in [3.63, 3.8) is 0 Å². The number of aryl methyl sites for hydroxylation is 2. The first-order valence-electron chi connectivity index (χ1n) is 5.33. The Bertz CT molecular complexity index is 435. The molecule has 0 amide bonds. The van der Waals surface area contributed by atoms with Crippen molar-refractivity contribution in [1.29, 1.82) is 0 Å². The van der Waals surface area contributed by atoms with Crippen LogP contribution in [0.5, 0.6) is 5.75 Å². The van der Waals surface area contributed by atoms with E-state index in [2.05, 4.69) is 6.58 Å². The highest BCUT2D eigenvalue weighted by atomic mass is 16.5. The van der Waals surface area contributed by atoms with E-state index >= 15 is 0 Å². The van der Waals surface area contributed by atoms with Gasteiger partial charge in [0.2, 0.25) is 0 Å². The van der Waals surface area contributed by atoms with Crippen LogP contribution in [0.15, 0.2) is 30.4 Å². The van der Waals surface area contributed by atoms with Crippen molar-refractivity contribution in [2.45, 2.75) is 19.3 Å². The molecule has 0 bridgehead atoms. The second-order valence-corrected chi connectivity index (χ2v) is 3.90. The molecule has 84 valence electrons. The van der Waals surface area contributed by atoms with Crippen molar-refractivity contribution < 1.29 is 14.6 Å². The van der Waals surface area contributed by atoms with Crippen LogP contribution in [0.3, 0.4) is 0 Å². The minimum atomic E-state index is -0.465. The zero-order chi connectivity index (χ0) is 11.5. The second-order valence-electron chi connectivity index (χ2n) is 3.90. The van der Waals surface area contributed by atoms with Crippen molar-refractivity contribution in [2.24, 2.45) is 0 Å². The Morgan fingerprint density at radius 3 is 2.69 bits per heavy atom. The van der Waals surface area contributed by atoms with Crippen LogP contribution in [0, 0.1) is 0 Å². The lowest BCUT2D eigenvalue weighted by Crippen LogP contribution is -2.13. The molecule has 0 heterocycles. The molecule has 1 aliphatic rings. The van der Waals surface area contributed by atoms with Crippen LogP contribution in [0.4, 0.5) is 0 Å². The van der Waals surface area contributed by atoms with Crippen LogP contribution in [0.1, 0.15) is 17.5 Å². The number of hydrogen-bond acceptors (Lipinski definition) is 3. The van der Waals surface area contributed by atoms with Crippen molar-refractivity contribution in [3.8, 4) is 5.75 Å². The summed E-state index contributed by atoms with van der Waals surface area (Å²) in [7, 11) is 0. The number of aliphatic hydroxyl groups excluding tert-OH is 1. The maximum absolute atomic E-state index is 11.5. The van der Waals surface area contributed by atoms with Gasteiger partial charge in [0.25, 0.3) is 0 Å². The second kappa shape index (κ2) is 4.49. The molecule has 0 saturated carbocycles. The molecule has 0 aliphatic heterocycles. The average Bonchev–Trinajstić information content (AvgIpc) is 2.22. The number of carbonyl (C=O) groups excluding carboxylic acids is 1. The average molecular weight is 218 g/mol. The SMILES string of the molecule is C=C(CCO)C(=O)Oc1ccc2c(c1)CC2. The molecule has 1 N–H and O–H groups in total. The number of benzene rings is 1. The quantitative estimate of drug-likeness (QED) is 0.474. The Morgan fingerprint density at radius 1 is 1.38 bits per heavy atom. The molecule has 3 nitrogen and oxygen atoms in total. The van der Waals surface area contributed by atoms with Gasteiger partial charge in [0.1, 0.15) is 5.75 Å². The Hall–Kier alpha value is -1.61. The summed E-state index contributed by atoms with van der Waals surface area (Å²) in [6.45, 7) is 3.47. The molecule has 0 atom stereocenters. The molecule has 16 heavy (non-hydrogen) atoms. The molecule has 0 saturated heterocycles. The minimum absolute atomic E-state index is 0.0852. The summed E-state index contributed by atoms with van der Waals surface area (Å²) in [4.78, 5) is 11.5. The highest BCUT2D eigenvalue weighted by Crippen LogP contribution is 2.27. The molecule has 2 rings (SSSR count). The normalized spacial score (nSPS) is 12.6. The molecule has 0 spiro atoms. The summed E-state index contributed by atoms with van der Waals surface area (Å²) >= 11 is 0. The van der Waals surface area contributed by atoms with Crippen LogP contribution in [-0.4, -0.2) is 17.7 Å². The van der Waals surface area contributed by atoms with E-state index in [1.165, 1.54) is 11.1 Å². The Labute approximate surface area is 94.4 Å². The highest BCUT2D eigenvalue weighted by molar-refractivity contribution is 5.89. The Kier molecular flexibility index (Phi) is 3.06. The van der Waals surface area contributed by atoms with Gasteiger partial charge in [0, 0.05) is 18.6 Å². The van der Waals surface area contributed by atoms with E-state index in [1.807, 2.05) is 12.1 Å². The number of carbonyl (C=O) groups is 1. The van der Waals surface area contributed by atoms with Crippen LogP contribution in [0.2, 0.25) is 0 Å². The molecular weight excluding hydrogens is 204 g/mol. The first kappa shape index (κ1) is 10.9. The molecule has 0 radical (unpaired) electrons. The topological polar surface area (TPSA) is 46.5 Å². The van der Waals surface area contributed by atoms with Gasteiger partial charge in [0.05, 0.1) is 0 Å². The molecule has 0 aromatic heterocycles. The van der Waals surface area contributed by atoms with Gasteiger partial charge in [-0.15, -0.1) is 0 Å². The maximum atomic E-state index is 11.5. The zero-order valence-corrected chi connectivity index (χ0v) is 9.03. The monoisotopic (exact) mass is 218 g/mol. The fourth-order valence-electron chi connectivity index (χ4n) is 1.65. The van der Waals surface area contributed by atoms with E-state index < -0.39 is 5.97 Å². The lowest BCUT2D eigenvalue weighted by atomic mass is 9.89. The molecule has 0 unspecified atom stereocenters. The molecule has 0 fully saturated rings. The van der Waals surface area contributed by atoms with E-state index in [0.29, 0.717) is 11.3 Å². The first-order chi connectivity index (χ1) is 7.70. The van der Waals surface area contributed by atoms with E-state index in [4.69, 9.17) is 9.84 Å². The van der Waals surface area contributed by atoms with Crippen molar-refractivity contribution >= 4 is 5.97 Å². The predicted octanol–water partition coefficient (Wildman–Crippen LogP) is 1.63. The highest BCUT2D eigenvalue weighted by Gasteiger charge is 2.15. The van der Waals surface area contributed by atoms with E-state index in [1.54, 1.807) is 6.07 Å². The smallest absolute Gasteiger partial charge is 0.338 e. The molecule has 3 heteroatoms. The summed E-state index contributed by atoms with van der Waals surface area (Å²) < 4.78 is 5.15. The van der Waals surface area contributed by atoms with Gasteiger partial charge in [-0.25, -0.2) is 4.79 Å². The number of hydrogen-bond donors (Lipinski definition) is 1. The first-order valence-corrected chi connectivity index (χ1v) is 5.33. The molecule has 1 aliphatic carbocycles. The van der Waals surface area contributed by atoms with E-state index in [9.17, 15) is 4.79 Å². The molecule has 1 aromatic carbocycles. The molecular formula is C13H14O3. The third-order valence-corrected chi connectivity index (χ3v) is 2.75. The summed E-state index contributed by atoms with van der Waals surface area (Å²) in [5, 5.41) is 8.67. The van der Waals surface area contributed by atoms with Crippen molar-refractivity contribution in [2.75, 3.05) is 6.61 Å². The van der Waals surface area contributed by atoms with Crippen LogP contribution >= 0.6 is 0 Å². The lowest BCUT2D eigenvalue weighted by molar-refractivity contribution is -0.130. The van der Waals surface area contributed by atoms with E-state index in [-0.39, 0.29) is 13.0 Å². The Balaban J connectivity index is 2.01. The third kappa shape index (κ3) is 2.14. The lowest BCUT2D eigenvalue weighted by Gasteiger charge is -2.19.